The first-order valence-electron chi connectivity index (χ1n) is 16.3. The second kappa shape index (κ2) is 12.1. The molecule has 3 heterocycles. The van der Waals surface area contributed by atoms with Gasteiger partial charge in [-0.25, -0.2) is 19.5 Å². The van der Waals surface area contributed by atoms with Crippen LogP contribution < -0.4 is 0 Å². The lowest BCUT2D eigenvalue weighted by molar-refractivity contribution is 0.979. The zero-order chi connectivity index (χ0) is 32.6. The van der Waals surface area contributed by atoms with Crippen LogP contribution in [0, 0.1) is 0 Å². The van der Waals surface area contributed by atoms with Crippen LogP contribution in [0.2, 0.25) is 0 Å². The van der Waals surface area contributed by atoms with Gasteiger partial charge in [0.05, 0.1) is 11.2 Å². The van der Waals surface area contributed by atoms with Gasteiger partial charge in [0.25, 0.3) is 0 Å². The summed E-state index contributed by atoms with van der Waals surface area (Å²) >= 11 is 0. The van der Waals surface area contributed by atoms with Crippen LogP contribution in [0.25, 0.3) is 84.1 Å². The number of hydrogen-bond acceptors (Lipinski definition) is 4. The first-order valence-corrected chi connectivity index (χ1v) is 16.3. The number of pyridine rings is 1. The fourth-order valence-corrected chi connectivity index (χ4v) is 6.59. The fraction of sp³-hybridized carbons (Fsp3) is 0. The second-order valence-corrected chi connectivity index (χ2v) is 11.9. The van der Waals surface area contributed by atoms with Crippen LogP contribution >= 0.6 is 0 Å². The van der Waals surface area contributed by atoms with Crippen molar-refractivity contribution in [2.75, 3.05) is 0 Å². The first-order chi connectivity index (χ1) is 24.3. The SMILES string of the molecule is c1ccc(-c2nc(-c3ccccc3)nc(-c3cccc4cc(-c5ccccc5)n5nc(-c6ccccc6)c(-c6ccccc6)c5c34)n2)cc1. The summed E-state index contributed by atoms with van der Waals surface area (Å²) in [5, 5.41) is 7.51. The van der Waals surface area contributed by atoms with Crippen LogP contribution in [-0.4, -0.2) is 24.6 Å². The molecular formula is C44H29N5. The predicted molar refractivity (Wildman–Crippen MR) is 199 cm³/mol. The minimum atomic E-state index is 0.606. The van der Waals surface area contributed by atoms with Crippen molar-refractivity contribution in [1.29, 1.82) is 0 Å². The molecule has 5 heteroatoms. The molecule has 0 N–H and O–H groups in total. The molecule has 0 fully saturated rings. The maximum atomic E-state index is 5.41. The van der Waals surface area contributed by atoms with Crippen LogP contribution in [0.3, 0.4) is 0 Å². The summed E-state index contributed by atoms with van der Waals surface area (Å²) in [7, 11) is 0. The lowest BCUT2D eigenvalue weighted by Crippen LogP contribution is -2.02. The van der Waals surface area contributed by atoms with Gasteiger partial charge in [-0.3, -0.25) is 0 Å². The molecule has 230 valence electrons. The van der Waals surface area contributed by atoms with Crippen molar-refractivity contribution in [2.45, 2.75) is 0 Å². The van der Waals surface area contributed by atoms with Crippen molar-refractivity contribution >= 4 is 16.3 Å². The van der Waals surface area contributed by atoms with Crippen LogP contribution in [-0.2, 0) is 0 Å². The normalized spacial score (nSPS) is 11.3. The third-order valence-corrected chi connectivity index (χ3v) is 8.86. The summed E-state index contributed by atoms with van der Waals surface area (Å²) in [5.41, 5.74) is 9.97. The van der Waals surface area contributed by atoms with Crippen LogP contribution in [0.15, 0.2) is 176 Å². The smallest absolute Gasteiger partial charge is 0.164 e. The molecule has 0 aliphatic heterocycles. The number of hydrogen-bond donors (Lipinski definition) is 0. The molecule has 9 rings (SSSR count). The largest absolute Gasteiger partial charge is 0.231 e. The van der Waals surface area contributed by atoms with Crippen LogP contribution in [0.4, 0.5) is 0 Å². The van der Waals surface area contributed by atoms with Gasteiger partial charge in [-0.05, 0) is 17.0 Å². The van der Waals surface area contributed by atoms with Crippen molar-refractivity contribution < 1.29 is 0 Å². The van der Waals surface area contributed by atoms with E-state index in [9.17, 15) is 0 Å². The molecule has 0 saturated carbocycles. The molecule has 6 aromatic carbocycles. The monoisotopic (exact) mass is 627 g/mol. The molecule has 0 bridgehead atoms. The standard InChI is InChI=1S/C44H29N5/c1-6-17-30(18-7-1)37-29-35-27-16-28-36(44-46-42(33-23-12-4-13-24-33)45-43(47-44)34-25-14-5-15-26-34)38(35)41-39(31-19-8-2-9-20-31)40(48-49(37)41)32-21-10-3-11-22-32/h1-29H. The molecule has 0 amide bonds. The van der Waals surface area contributed by atoms with Crippen molar-refractivity contribution in [3.63, 3.8) is 0 Å². The number of benzene rings is 6. The third-order valence-electron chi connectivity index (χ3n) is 8.86. The predicted octanol–water partition coefficient (Wildman–Crippen LogP) is 10.7. The van der Waals surface area contributed by atoms with Crippen molar-refractivity contribution in [1.82, 2.24) is 24.6 Å². The van der Waals surface area contributed by atoms with Gasteiger partial charge in [-0.15, -0.1) is 0 Å². The molecule has 5 nitrogen and oxygen atoms in total. The van der Waals surface area contributed by atoms with E-state index in [1.54, 1.807) is 0 Å². The van der Waals surface area contributed by atoms with E-state index in [0.717, 1.165) is 66.6 Å². The van der Waals surface area contributed by atoms with Crippen LogP contribution in [0.1, 0.15) is 0 Å². The molecule has 0 atom stereocenters. The molecule has 0 aliphatic carbocycles. The van der Waals surface area contributed by atoms with Crippen molar-refractivity contribution in [3.05, 3.63) is 176 Å². The Labute approximate surface area is 283 Å². The Balaban J connectivity index is 1.43. The maximum absolute atomic E-state index is 5.41. The molecule has 0 saturated heterocycles. The summed E-state index contributed by atoms with van der Waals surface area (Å²) in [4.78, 5) is 15.3. The van der Waals surface area contributed by atoms with Gasteiger partial charge in [-0.2, -0.15) is 5.10 Å². The quantitative estimate of drug-likeness (QED) is 0.184. The molecule has 0 radical (unpaired) electrons. The van der Waals surface area contributed by atoms with E-state index < -0.39 is 0 Å². The zero-order valence-corrected chi connectivity index (χ0v) is 26.5. The highest BCUT2D eigenvalue weighted by Crippen LogP contribution is 2.43. The zero-order valence-electron chi connectivity index (χ0n) is 26.5. The van der Waals surface area contributed by atoms with E-state index in [4.69, 9.17) is 20.1 Å². The lowest BCUT2D eigenvalue weighted by Gasteiger charge is -2.14. The van der Waals surface area contributed by atoms with Gasteiger partial charge in [0.15, 0.2) is 17.5 Å². The van der Waals surface area contributed by atoms with E-state index >= 15 is 0 Å². The Morgan fingerprint density at radius 3 is 1.41 bits per heavy atom. The molecule has 0 spiro atoms. The van der Waals surface area contributed by atoms with E-state index in [2.05, 4.69) is 108 Å². The minimum Gasteiger partial charge on any atom is -0.231 e. The average Bonchev–Trinajstić information content (AvgIpc) is 3.60. The molecule has 9 aromatic rings. The lowest BCUT2D eigenvalue weighted by atomic mass is 9.94. The van der Waals surface area contributed by atoms with Gasteiger partial charge in [0, 0.05) is 38.8 Å². The Bertz CT molecular complexity index is 2510. The number of rotatable bonds is 6. The summed E-state index contributed by atoms with van der Waals surface area (Å²) in [6, 6.07) is 60.3. The van der Waals surface area contributed by atoms with Crippen molar-refractivity contribution in [3.8, 4) is 67.8 Å². The van der Waals surface area contributed by atoms with E-state index in [1.807, 2.05) is 72.8 Å². The molecule has 3 aromatic heterocycles. The van der Waals surface area contributed by atoms with Gasteiger partial charge in [0.2, 0.25) is 0 Å². The number of fused-ring (bicyclic) bond motifs is 3. The topological polar surface area (TPSA) is 56.0 Å². The summed E-state index contributed by atoms with van der Waals surface area (Å²) in [5.74, 6) is 1.86. The highest BCUT2D eigenvalue weighted by atomic mass is 15.2. The number of aromatic nitrogens is 5. The van der Waals surface area contributed by atoms with E-state index in [0.29, 0.717) is 17.5 Å². The third kappa shape index (κ3) is 5.14. The highest BCUT2D eigenvalue weighted by molar-refractivity contribution is 6.14. The summed E-state index contributed by atoms with van der Waals surface area (Å²) in [6.07, 6.45) is 0. The second-order valence-electron chi connectivity index (χ2n) is 11.9. The van der Waals surface area contributed by atoms with Crippen molar-refractivity contribution in [2.24, 2.45) is 0 Å². The molecule has 0 unspecified atom stereocenters. The summed E-state index contributed by atoms with van der Waals surface area (Å²) < 4.78 is 2.11. The van der Waals surface area contributed by atoms with Gasteiger partial charge in [-0.1, -0.05) is 170 Å². The Hall–Kier alpha value is -6.72. The molecule has 0 aliphatic rings. The highest BCUT2D eigenvalue weighted by Gasteiger charge is 2.24. The van der Waals surface area contributed by atoms with Crippen LogP contribution in [0.5, 0.6) is 0 Å². The Morgan fingerprint density at radius 2 is 0.857 bits per heavy atom. The number of nitrogens with zero attached hydrogens (tertiary/aromatic N) is 5. The van der Waals surface area contributed by atoms with Gasteiger partial charge < -0.3 is 0 Å². The van der Waals surface area contributed by atoms with Gasteiger partial charge >= 0.3 is 0 Å². The van der Waals surface area contributed by atoms with Gasteiger partial charge in [0.1, 0.15) is 5.69 Å². The van der Waals surface area contributed by atoms with E-state index in [1.165, 1.54) is 0 Å². The Kier molecular flexibility index (Phi) is 7.06. The first kappa shape index (κ1) is 28.5. The Morgan fingerprint density at radius 1 is 0.388 bits per heavy atom. The minimum absolute atomic E-state index is 0.606. The summed E-state index contributed by atoms with van der Waals surface area (Å²) in [6.45, 7) is 0. The maximum Gasteiger partial charge on any atom is 0.164 e. The average molecular weight is 628 g/mol. The molecular weight excluding hydrogens is 599 g/mol. The fourth-order valence-electron chi connectivity index (χ4n) is 6.59. The molecule has 49 heavy (non-hydrogen) atoms. The van der Waals surface area contributed by atoms with E-state index in [-0.39, 0.29) is 0 Å².